The monoisotopic (exact) mass is 305 g/mol. The first-order valence-corrected chi connectivity index (χ1v) is 6.36. The maximum atomic E-state index is 12.1. The summed E-state index contributed by atoms with van der Waals surface area (Å²) in [6.07, 6.45) is 2.78. The molecule has 2 aromatic rings. The van der Waals surface area contributed by atoms with Crippen LogP contribution in [-0.2, 0) is 11.2 Å². The average molecular weight is 305 g/mol. The molecule has 9 heteroatoms. The normalized spacial score (nSPS) is 10.9. The lowest BCUT2D eigenvalue weighted by Gasteiger charge is -2.01. The number of nitrogens with zero attached hydrogens (tertiary/aromatic N) is 4. The van der Waals surface area contributed by atoms with Gasteiger partial charge in [-0.05, 0) is 24.4 Å². The smallest absolute Gasteiger partial charge is 0.303 e. The number of hydrogen-bond acceptors (Lipinski definition) is 6. The fourth-order valence-electron chi connectivity index (χ4n) is 1.49. The molecule has 0 radical (unpaired) electrons. The lowest BCUT2D eigenvalue weighted by molar-refractivity contribution is -0.136. The van der Waals surface area contributed by atoms with E-state index in [1.165, 1.54) is 6.21 Å². The molecule has 0 amide bonds. The molecular formula is C12H11N5O3S. The zero-order valence-electron chi connectivity index (χ0n) is 10.8. The van der Waals surface area contributed by atoms with Crippen LogP contribution in [-0.4, -0.2) is 37.1 Å². The van der Waals surface area contributed by atoms with Crippen LogP contribution in [0.1, 0.15) is 17.8 Å². The minimum atomic E-state index is -1.01. The Bertz CT molecular complexity index is 781. The van der Waals surface area contributed by atoms with E-state index in [1.807, 2.05) is 0 Å². The van der Waals surface area contributed by atoms with Crippen LogP contribution in [0.3, 0.4) is 0 Å². The van der Waals surface area contributed by atoms with Gasteiger partial charge < -0.3 is 5.11 Å². The summed E-state index contributed by atoms with van der Waals surface area (Å²) in [5.41, 5.74) is 0.0686. The van der Waals surface area contributed by atoms with Crippen LogP contribution in [0.4, 0.5) is 0 Å². The number of aromatic amines is 1. The van der Waals surface area contributed by atoms with E-state index >= 15 is 0 Å². The van der Waals surface area contributed by atoms with Gasteiger partial charge in [0.2, 0.25) is 4.77 Å². The summed E-state index contributed by atoms with van der Waals surface area (Å²) >= 11 is 4.94. The third-order valence-electron chi connectivity index (χ3n) is 2.49. The molecule has 8 nitrogen and oxygen atoms in total. The average Bonchev–Trinajstić information content (AvgIpc) is 2.47. The Hall–Kier alpha value is -2.68. The molecule has 0 aliphatic rings. The highest BCUT2D eigenvalue weighted by molar-refractivity contribution is 7.71. The highest BCUT2D eigenvalue weighted by Crippen LogP contribution is 1.94. The van der Waals surface area contributed by atoms with Gasteiger partial charge in [-0.25, -0.2) is 0 Å². The number of carbonyl (C=O) groups is 1. The second kappa shape index (κ2) is 6.66. The molecule has 0 fully saturated rings. The topological polar surface area (TPSA) is 113 Å². The van der Waals surface area contributed by atoms with Crippen LogP contribution >= 0.6 is 12.2 Å². The van der Waals surface area contributed by atoms with Crippen molar-refractivity contribution in [1.82, 2.24) is 19.9 Å². The third kappa shape index (κ3) is 3.89. The van der Waals surface area contributed by atoms with Crippen molar-refractivity contribution in [1.29, 1.82) is 0 Å². The molecule has 108 valence electrons. The number of aryl methyl sites for hydroxylation is 1. The first-order valence-electron chi connectivity index (χ1n) is 5.95. The van der Waals surface area contributed by atoms with E-state index in [0.29, 0.717) is 5.69 Å². The molecule has 0 aromatic carbocycles. The number of aliphatic carboxylic acids is 1. The molecule has 0 aliphatic heterocycles. The maximum absolute atomic E-state index is 12.1. The number of H-pyrrole nitrogens is 1. The molecule has 0 unspecified atom stereocenters. The van der Waals surface area contributed by atoms with Gasteiger partial charge in [-0.3, -0.25) is 19.7 Å². The predicted molar refractivity (Wildman–Crippen MR) is 76.9 cm³/mol. The summed E-state index contributed by atoms with van der Waals surface area (Å²) in [7, 11) is 0. The summed E-state index contributed by atoms with van der Waals surface area (Å²) in [5.74, 6) is -1.01. The minimum Gasteiger partial charge on any atom is -0.481 e. The van der Waals surface area contributed by atoms with Crippen LogP contribution < -0.4 is 5.56 Å². The van der Waals surface area contributed by atoms with E-state index in [0.717, 1.165) is 4.68 Å². The SMILES string of the molecule is O=C(O)CCc1n[nH]c(=S)n(/N=C\c2ccccn2)c1=O. The van der Waals surface area contributed by atoms with Crippen molar-refractivity contribution in [3.8, 4) is 0 Å². The maximum Gasteiger partial charge on any atom is 0.303 e. The zero-order valence-corrected chi connectivity index (χ0v) is 11.6. The predicted octanol–water partition coefficient (Wildman–Crippen LogP) is 0.595. The molecule has 0 spiro atoms. The number of pyridine rings is 1. The van der Waals surface area contributed by atoms with E-state index in [1.54, 1.807) is 24.4 Å². The quantitative estimate of drug-likeness (QED) is 0.617. The number of carboxylic acid groups (broad SMARTS) is 1. The van der Waals surface area contributed by atoms with Crippen molar-refractivity contribution in [3.05, 3.63) is 50.9 Å². The molecule has 21 heavy (non-hydrogen) atoms. The molecule has 2 N–H and O–H groups in total. The van der Waals surface area contributed by atoms with Crippen LogP contribution in [0.25, 0.3) is 0 Å². The summed E-state index contributed by atoms with van der Waals surface area (Å²) in [4.78, 5) is 26.7. The lowest BCUT2D eigenvalue weighted by atomic mass is 10.2. The summed E-state index contributed by atoms with van der Waals surface area (Å²) < 4.78 is 0.972. The fourth-order valence-corrected chi connectivity index (χ4v) is 1.66. The molecule has 2 heterocycles. The number of carboxylic acids is 1. The van der Waals surface area contributed by atoms with E-state index < -0.39 is 11.5 Å². The largest absolute Gasteiger partial charge is 0.481 e. The van der Waals surface area contributed by atoms with Gasteiger partial charge in [0.05, 0.1) is 18.3 Å². The number of rotatable bonds is 5. The van der Waals surface area contributed by atoms with Crippen molar-refractivity contribution in [3.63, 3.8) is 0 Å². The lowest BCUT2D eigenvalue weighted by Crippen LogP contribution is -2.25. The van der Waals surface area contributed by atoms with Gasteiger partial charge >= 0.3 is 5.97 Å². The van der Waals surface area contributed by atoms with Crippen molar-refractivity contribution in [2.75, 3.05) is 0 Å². The molecule has 2 rings (SSSR count). The Morgan fingerprint density at radius 3 is 3.00 bits per heavy atom. The molecule has 0 aliphatic carbocycles. The van der Waals surface area contributed by atoms with Gasteiger partial charge in [0, 0.05) is 12.6 Å². The Balaban J connectivity index is 2.33. The van der Waals surface area contributed by atoms with Crippen molar-refractivity contribution in [2.24, 2.45) is 5.10 Å². The zero-order chi connectivity index (χ0) is 15.2. The van der Waals surface area contributed by atoms with Gasteiger partial charge in [0.25, 0.3) is 5.56 Å². The molecule has 0 bridgehead atoms. The van der Waals surface area contributed by atoms with Crippen molar-refractivity contribution < 1.29 is 9.90 Å². The van der Waals surface area contributed by atoms with Crippen LogP contribution in [0, 0.1) is 4.77 Å². The minimum absolute atomic E-state index is 0.000608. The van der Waals surface area contributed by atoms with Gasteiger partial charge in [-0.1, -0.05) is 6.07 Å². The van der Waals surface area contributed by atoms with Crippen molar-refractivity contribution in [2.45, 2.75) is 12.8 Å². The molecular weight excluding hydrogens is 294 g/mol. The van der Waals surface area contributed by atoms with E-state index in [-0.39, 0.29) is 23.3 Å². The Morgan fingerprint density at radius 2 is 2.33 bits per heavy atom. The summed E-state index contributed by atoms with van der Waals surface area (Å²) in [6, 6.07) is 5.25. The second-order valence-corrected chi connectivity index (χ2v) is 4.37. The molecule has 2 aromatic heterocycles. The second-order valence-electron chi connectivity index (χ2n) is 3.99. The summed E-state index contributed by atoms with van der Waals surface area (Å²) in [6.45, 7) is 0. The Morgan fingerprint density at radius 1 is 1.52 bits per heavy atom. The van der Waals surface area contributed by atoms with Crippen LogP contribution in [0.15, 0.2) is 34.3 Å². The fraction of sp³-hybridized carbons (Fsp3) is 0.167. The van der Waals surface area contributed by atoms with E-state index in [9.17, 15) is 9.59 Å². The molecule has 0 atom stereocenters. The first kappa shape index (κ1) is 14.7. The third-order valence-corrected chi connectivity index (χ3v) is 2.75. The Labute approximate surface area is 123 Å². The van der Waals surface area contributed by atoms with Crippen molar-refractivity contribution >= 4 is 24.4 Å². The first-order chi connectivity index (χ1) is 10.1. The van der Waals surface area contributed by atoms with E-state index in [2.05, 4.69) is 20.3 Å². The summed E-state index contributed by atoms with van der Waals surface area (Å²) in [5, 5.41) is 18.8. The number of aromatic nitrogens is 4. The van der Waals surface area contributed by atoms with Gasteiger partial charge in [-0.2, -0.15) is 14.9 Å². The number of nitrogens with one attached hydrogen (secondary N) is 1. The van der Waals surface area contributed by atoms with E-state index in [4.69, 9.17) is 17.3 Å². The molecule has 0 saturated heterocycles. The Kier molecular flexibility index (Phi) is 4.67. The van der Waals surface area contributed by atoms with Crippen LogP contribution in [0.2, 0.25) is 0 Å². The standard InChI is InChI=1S/C12H11N5O3S/c18-10(19)5-4-9-11(20)17(12(21)16-15-9)14-7-8-3-1-2-6-13-8/h1-3,6-7H,4-5H2,(H,16,21)(H,18,19)/b14-7-. The van der Waals surface area contributed by atoms with Gasteiger partial charge in [0.1, 0.15) is 5.69 Å². The molecule has 0 saturated carbocycles. The number of hydrogen-bond donors (Lipinski definition) is 2. The highest BCUT2D eigenvalue weighted by Gasteiger charge is 2.08. The van der Waals surface area contributed by atoms with Gasteiger partial charge in [0.15, 0.2) is 0 Å². The highest BCUT2D eigenvalue weighted by atomic mass is 32.1. The van der Waals surface area contributed by atoms with Crippen LogP contribution in [0.5, 0.6) is 0 Å². The van der Waals surface area contributed by atoms with Gasteiger partial charge in [-0.15, -0.1) is 0 Å².